The maximum absolute atomic E-state index is 13.2. The quantitative estimate of drug-likeness (QED) is 0.660. The van der Waals surface area contributed by atoms with Crippen LogP contribution in [0.3, 0.4) is 0 Å². The van der Waals surface area contributed by atoms with Gasteiger partial charge < -0.3 is 9.32 Å². The number of halogens is 2. The Balaban J connectivity index is 2.32. The van der Waals surface area contributed by atoms with Gasteiger partial charge in [0.2, 0.25) is 0 Å². The molecule has 1 heterocycles. The van der Waals surface area contributed by atoms with Crippen molar-refractivity contribution in [1.82, 2.24) is 0 Å². The lowest BCUT2D eigenvalue weighted by Gasteiger charge is -2.14. The predicted octanol–water partition coefficient (Wildman–Crippen LogP) is 4.32. The normalized spacial score (nSPS) is 10.9. The van der Waals surface area contributed by atoms with Crippen LogP contribution in [0.1, 0.15) is 0 Å². The third-order valence-electron chi connectivity index (χ3n) is 3.47. The number of hydrogen-bond acceptors (Lipinski definition) is 3. The van der Waals surface area contributed by atoms with Gasteiger partial charge in [-0.1, -0.05) is 11.6 Å². The van der Waals surface area contributed by atoms with Gasteiger partial charge in [0.05, 0.1) is 5.02 Å². The van der Waals surface area contributed by atoms with Crippen LogP contribution in [0.25, 0.3) is 22.1 Å². The molecule has 3 aromatic rings. The van der Waals surface area contributed by atoms with Gasteiger partial charge in [0.15, 0.2) is 0 Å². The standard InChI is InChI=1S/C17H13ClFNO2/c1-20(2)11-4-6-13-14(9-17(21)22-16(13)8-11)12-5-3-10(19)7-15(12)18/h3-9H,1-2H3. The molecule has 0 bridgehead atoms. The summed E-state index contributed by atoms with van der Waals surface area (Å²) in [5.74, 6) is -0.420. The van der Waals surface area contributed by atoms with Crippen LogP contribution in [0.5, 0.6) is 0 Å². The summed E-state index contributed by atoms with van der Waals surface area (Å²) in [6.07, 6.45) is 0. The highest BCUT2D eigenvalue weighted by molar-refractivity contribution is 6.33. The van der Waals surface area contributed by atoms with Gasteiger partial charge in [0, 0.05) is 48.4 Å². The molecule has 0 fully saturated rings. The Kier molecular flexibility index (Phi) is 3.62. The Morgan fingerprint density at radius 1 is 1.05 bits per heavy atom. The van der Waals surface area contributed by atoms with Crippen molar-refractivity contribution in [3.8, 4) is 11.1 Å². The van der Waals surface area contributed by atoms with Gasteiger partial charge in [-0.05, 0) is 30.3 Å². The summed E-state index contributed by atoms with van der Waals surface area (Å²) in [5.41, 5.74) is 2.13. The highest BCUT2D eigenvalue weighted by Gasteiger charge is 2.12. The molecular weight excluding hydrogens is 305 g/mol. The highest BCUT2D eigenvalue weighted by Crippen LogP contribution is 2.34. The zero-order valence-electron chi connectivity index (χ0n) is 12.1. The molecule has 0 unspecified atom stereocenters. The fraction of sp³-hybridized carbons (Fsp3) is 0.118. The van der Waals surface area contributed by atoms with E-state index in [0.717, 1.165) is 11.1 Å². The van der Waals surface area contributed by atoms with Crippen molar-refractivity contribution < 1.29 is 8.81 Å². The monoisotopic (exact) mass is 317 g/mol. The first kappa shape index (κ1) is 14.6. The summed E-state index contributed by atoms with van der Waals surface area (Å²) in [6.45, 7) is 0. The molecule has 22 heavy (non-hydrogen) atoms. The number of rotatable bonds is 2. The second kappa shape index (κ2) is 5.46. The van der Waals surface area contributed by atoms with Gasteiger partial charge in [-0.2, -0.15) is 0 Å². The Morgan fingerprint density at radius 3 is 2.50 bits per heavy atom. The number of nitrogens with zero attached hydrogens (tertiary/aromatic N) is 1. The van der Waals surface area contributed by atoms with E-state index in [4.69, 9.17) is 16.0 Å². The van der Waals surface area contributed by atoms with E-state index >= 15 is 0 Å². The number of hydrogen-bond donors (Lipinski definition) is 0. The second-order valence-electron chi connectivity index (χ2n) is 5.18. The molecule has 0 saturated heterocycles. The molecule has 3 nitrogen and oxygen atoms in total. The largest absolute Gasteiger partial charge is 0.423 e. The van der Waals surface area contributed by atoms with Crippen molar-refractivity contribution in [3.63, 3.8) is 0 Å². The summed E-state index contributed by atoms with van der Waals surface area (Å²) in [6, 6.07) is 11.0. The highest BCUT2D eigenvalue weighted by atomic mass is 35.5. The van der Waals surface area contributed by atoms with Crippen molar-refractivity contribution in [2.24, 2.45) is 0 Å². The number of benzene rings is 2. The Bertz CT molecular complexity index is 918. The molecule has 0 N–H and O–H groups in total. The molecule has 5 heteroatoms. The number of fused-ring (bicyclic) bond motifs is 1. The molecule has 0 spiro atoms. The minimum absolute atomic E-state index is 0.253. The van der Waals surface area contributed by atoms with E-state index in [2.05, 4.69) is 0 Å². The minimum Gasteiger partial charge on any atom is -0.423 e. The van der Waals surface area contributed by atoms with E-state index in [9.17, 15) is 9.18 Å². The molecule has 0 saturated carbocycles. The van der Waals surface area contributed by atoms with Crippen molar-refractivity contribution in [2.75, 3.05) is 19.0 Å². The fourth-order valence-corrected chi connectivity index (χ4v) is 2.63. The lowest BCUT2D eigenvalue weighted by atomic mass is 10.0. The summed E-state index contributed by atoms with van der Waals surface area (Å²) in [7, 11) is 3.81. The smallest absolute Gasteiger partial charge is 0.336 e. The minimum atomic E-state index is -0.473. The SMILES string of the molecule is CN(C)c1ccc2c(-c3ccc(F)cc3Cl)cc(=O)oc2c1. The van der Waals surface area contributed by atoms with Crippen LogP contribution >= 0.6 is 11.6 Å². The maximum atomic E-state index is 13.2. The topological polar surface area (TPSA) is 33.5 Å². The Hall–Kier alpha value is -2.33. The lowest BCUT2D eigenvalue weighted by molar-refractivity contribution is 0.561. The van der Waals surface area contributed by atoms with E-state index in [1.54, 1.807) is 12.1 Å². The van der Waals surface area contributed by atoms with E-state index in [-0.39, 0.29) is 5.02 Å². The molecule has 0 aliphatic carbocycles. The van der Waals surface area contributed by atoms with E-state index in [1.165, 1.54) is 18.2 Å². The molecular formula is C17H13ClFNO2. The zero-order chi connectivity index (χ0) is 15.9. The summed E-state index contributed by atoms with van der Waals surface area (Å²) < 4.78 is 18.5. The lowest BCUT2D eigenvalue weighted by Crippen LogP contribution is -2.08. The van der Waals surface area contributed by atoms with Crippen LogP contribution in [0, 0.1) is 5.82 Å². The van der Waals surface area contributed by atoms with Crippen molar-refractivity contribution in [2.45, 2.75) is 0 Å². The van der Waals surface area contributed by atoms with Gasteiger partial charge >= 0.3 is 5.63 Å². The van der Waals surface area contributed by atoms with Gasteiger partial charge in [-0.25, -0.2) is 9.18 Å². The average molecular weight is 318 g/mol. The van der Waals surface area contributed by atoms with Gasteiger partial charge in [-0.3, -0.25) is 0 Å². The number of anilines is 1. The summed E-state index contributed by atoms with van der Waals surface area (Å²) >= 11 is 6.12. The molecule has 0 atom stereocenters. The predicted molar refractivity (Wildman–Crippen MR) is 87.2 cm³/mol. The molecule has 0 aliphatic rings. The maximum Gasteiger partial charge on any atom is 0.336 e. The average Bonchev–Trinajstić information content (AvgIpc) is 2.45. The van der Waals surface area contributed by atoms with Crippen LogP contribution in [-0.4, -0.2) is 14.1 Å². The van der Waals surface area contributed by atoms with Crippen LogP contribution in [0.2, 0.25) is 5.02 Å². The van der Waals surface area contributed by atoms with Gasteiger partial charge in [0.25, 0.3) is 0 Å². The third-order valence-corrected chi connectivity index (χ3v) is 3.78. The van der Waals surface area contributed by atoms with E-state index < -0.39 is 11.4 Å². The molecule has 112 valence electrons. The van der Waals surface area contributed by atoms with Crippen LogP contribution < -0.4 is 10.5 Å². The third kappa shape index (κ3) is 2.57. The van der Waals surface area contributed by atoms with Crippen LogP contribution in [-0.2, 0) is 0 Å². The first-order valence-electron chi connectivity index (χ1n) is 6.66. The van der Waals surface area contributed by atoms with Gasteiger partial charge in [-0.15, -0.1) is 0 Å². The van der Waals surface area contributed by atoms with Crippen molar-refractivity contribution in [1.29, 1.82) is 0 Å². The Labute approximate surface area is 131 Å². The van der Waals surface area contributed by atoms with E-state index in [1.807, 2.05) is 31.1 Å². The molecule has 1 aromatic heterocycles. The second-order valence-corrected chi connectivity index (χ2v) is 5.59. The summed E-state index contributed by atoms with van der Waals surface area (Å²) in [5, 5.41) is 1.00. The Morgan fingerprint density at radius 2 is 1.82 bits per heavy atom. The molecule has 0 aliphatic heterocycles. The van der Waals surface area contributed by atoms with Crippen LogP contribution in [0.15, 0.2) is 51.7 Å². The zero-order valence-corrected chi connectivity index (χ0v) is 12.8. The van der Waals surface area contributed by atoms with E-state index in [0.29, 0.717) is 16.7 Å². The van der Waals surface area contributed by atoms with Gasteiger partial charge in [0.1, 0.15) is 11.4 Å². The first-order valence-corrected chi connectivity index (χ1v) is 7.04. The fourth-order valence-electron chi connectivity index (χ4n) is 2.36. The molecule has 2 aromatic carbocycles. The summed E-state index contributed by atoms with van der Waals surface area (Å²) in [4.78, 5) is 13.8. The van der Waals surface area contributed by atoms with Crippen molar-refractivity contribution in [3.05, 3.63) is 63.7 Å². The molecule has 0 radical (unpaired) electrons. The molecule has 0 amide bonds. The first-order chi connectivity index (χ1) is 10.5. The molecule has 3 rings (SSSR count). The van der Waals surface area contributed by atoms with Crippen LogP contribution in [0.4, 0.5) is 10.1 Å². The van der Waals surface area contributed by atoms with Crippen molar-refractivity contribution >= 4 is 28.3 Å².